The largest absolute Gasteiger partial charge is 0.405 e. The van der Waals surface area contributed by atoms with E-state index in [2.05, 4.69) is 11.6 Å². The Balaban J connectivity index is 2.14. The van der Waals surface area contributed by atoms with Crippen LogP contribution in [0.2, 0.25) is 0 Å². The van der Waals surface area contributed by atoms with E-state index in [9.17, 15) is 27.6 Å². The molecule has 0 saturated heterocycles. The second-order valence-electron chi connectivity index (χ2n) is 5.70. The molecule has 12 heteroatoms. The molecule has 0 unspecified atom stereocenters. The number of hydrogen-bond acceptors (Lipinski definition) is 6. The molecule has 2 aromatic rings. The van der Waals surface area contributed by atoms with Gasteiger partial charge in [0.2, 0.25) is 5.91 Å². The summed E-state index contributed by atoms with van der Waals surface area (Å²) in [5.41, 5.74) is 0.573. The van der Waals surface area contributed by atoms with Gasteiger partial charge in [-0.2, -0.15) is 13.2 Å². The Hall–Kier alpha value is -2.34. The number of amides is 3. The first kappa shape index (κ1) is 22.0. The van der Waals surface area contributed by atoms with E-state index in [1.165, 1.54) is 27.3 Å². The van der Waals surface area contributed by atoms with Crippen LogP contribution in [0.4, 0.5) is 18.0 Å². The number of aryl methyl sites for hydroxylation is 2. The van der Waals surface area contributed by atoms with Gasteiger partial charge >= 0.3 is 12.2 Å². The quantitative estimate of drug-likeness (QED) is 0.414. The van der Waals surface area contributed by atoms with Crippen LogP contribution in [0.3, 0.4) is 0 Å². The number of nitrogens with one attached hydrogen (secondary N) is 2. The van der Waals surface area contributed by atoms with Gasteiger partial charge in [-0.25, -0.2) is 9.78 Å². The summed E-state index contributed by atoms with van der Waals surface area (Å²) in [4.78, 5) is 41.8. The van der Waals surface area contributed by atoms with Gasteiger partial charge in [0.1, 0.15) is 11.4 Å². The molecule has 152 valence electrons. The van der Waals surface area contributed by atoms with Crippen LogP contribution in [-0.2, 0) is 11.3 Å². The molecule has 0 bridgehead atoms. The number of rotatable bonds is 6. The van der Waals surface area contributed by atoms with E-state index >= 15 is 0 Å². The van der Waals surface area contributed by atoms with Crippen LogP contribution in [-0.4, -0.2) is 40.0 Å². The average Bonchev–Trinajstić information content (AvgIpc) is 2.88. The summed E-state index contributed by atoms with van der Waals surface area (Å²) < 4.78 is 37.5. The molecule has 0 saturated carbocycles. The van der Waals surface area contributed by atoms with Crippen molar-refractivity contribution < 1.29 is 22.8 Å². The summed E-state index contributed by atoms with van der Waals surface area (Å²) in [6.45, 7) is 5.93. The van der Waals surface area contributed by atoms with Gasteiger partial charge in [0.25, 0.3) is 5.56 Å². The van der Waals surface area contributed by atoms with Gasteiger partial charge < -0.3 is 5.32 Å². The number of fused-ring (bicyclic) bond motifs is 1. The highest BCUT2D eigenvalue weighted by atomic mass is 32.2. The third-order valence-corrected chi connectivity index (χ3v) is 5.68. The number of allylic oxidation sites excluding steroid dienone is 1. The first-order chi connectivity index (χ1) is 13.0. The molecule has 0 aliphatic carbocycles. The van der Waals surface area contributed by atoms with Crippen molar-refractivity contribution in [3.63, 3.8) is 0 Å². The predicted molar refractivity (Wildman–Crippen MR) is 102 cm³/mol. The Morgan fingerprint density at radius 1 is 1.36 bits per heavy atom. The number of halogens is 3. The van der Waals surface area contributed by atoms with E-state index < -0.39 is 24.7 Å². The molecule has 0 aliphatic heterocycles. The van der Waals surface area contributed by atoms with Gasteiger partial charge in [-0.1, -0.05) is 17.8 Å². The molecular weight excluding hydrogens is 417 g/mol. The lowest BCUT2D eigenvalue weighted by Gasteiger charge is -2.11. The zero-order valence-electron chi connectivity index (χ0n) is 15.0. The Labute approximate surface area is 166 Å². The van der Waals surface area contributed by atoms with Gasteiger partial charge in [-0.15, -0.1) is 17.9 Å². The van der Waals surface area contributed by atoms with E-state index in [-0.39, 0.29) is 23.0 Å². The van der Waals surface area contributed by atoms with Crippen molar-refractivity contribution in [1.29, 1.82) is 0 Å². The van der Waals surface area contributed by atoms with Gasteiger partial charge in [-0.3, -0.25) is 19.5 Å². The Morgan fingerprint density at radius 2 is 2.04 bits per heavy atom. The van der Waals surface area contributed by atoms with Crippen molar-refractivity contribution in [3.8, 4) is 0 Å². The molecule has 3 amide bonds. The molecule has 7 nitrogen and oxygen atoms in total. The van der Waals surface area contributed by atoms with Crippen molar-refractivity contribution >= 4 is 45.3 Å². The summed E-state index contributed by atoms with van der Waals surface area (Å²) in [6, 6.07) is -1.25. The lowest BCUT2D eigenvalue weighted by atomic mass is 10.2. The molecule has 28 heavy (non-hydrogen) atoms. The zero-order chi connectivity index (χ0) is 21.1. The normalized spacial score (nSPS) is 11.5. The lowest BCUT2D eigenvalue weighted by Crippen LogP contribution is -2.44. The molecule has 0 fully saturated rings. The highest BCUT2D eigenvalue weighted by Gasteiger charge is 2.28. The topological polar surface area (TPSA) is 93.1 Å². The number of thiophene rings is 1. The van der Waals surface area contributed by atoms with Crippen LogP contribution in [0.15, 0.2) is 22.6 Å². The van der Waals surface area contributed by atoms with Crippen molar-refractivity contribution in [3.05, 3.63) is 33.4 Å². The van der Waals surface area contributed by atoms with E-state index in [1.807, 2.05) is 13.8 Å². The van der Waals surface area contributed by atoms with E-state index in [0.29, 0.717) is 10.2 Å². The number of carbonyl (C=O) groups is 2. The highest BCUT2D eigenvalue weighted by molar-refractivity contribution is 7.99. The monoisotopic (exact) mass is 434 g/mol. The number of thioether (sulfide) groups is 1. The first-order valence-electron chi connectivity index (χ1n) is 7.92. The smallest absolute Gasteiger partial charge is 0.329 e. The van der Waals surface area contributed by atoms with Crippen molar-refractivity contribution in [2.45, 2.75) is 31.7 Å². The van der Waals surface area contributed by atoms with Gasteiger partial charge in [0.05, 0.1) is 11.1 Å². The second kappa shape index (κ2) is 8.78. The van der Waals surface area contributed by atoms with Crippen LogP contribution in [0, 0.1) is 13.8 Å². The standard InChI is InChI=1S/C16H17F3N4O3S2/c1-4-5-23-13(25)11-8(2)9(3)28-12(11)22-15(23)27-6-10(24)21-14(26)20-7-16(17,18)19/h4H,1,5-7H2,2-3H3,(H2,20,21,24,26). The van der Waals surface area contributed by atoms with E-state index in [0.717, 1.165) is 22.2 Å². The highest BCUT2D eigenvalue weighted by Crippen LogP contribution is 2.28. The lowest BCUT2D eigenvalue weighted by molar-refractivity contribution is -0.124. The first-order valence-corrected chi connectivity index (χ1v) is 9.72. The number of nitrogens with zero attached hydrogens (tertiary/aromatic N) is 2. The second-order valence-corrected chi connectivity index (χ2v) is 7.84. The minimum atomic E-state index is -4.58. The molecule has 0 atom stereocenters. The fraction of sp³-hybridized carbons (Fsp3) is 0.375. The number of aromatic nitrogens is 2. The molecule has 0 aromatic carbocycles. The van der Waals surface area contributed by atoms with E-state index in [4.69, 9.17) is 0 Å². The van der Waals surface area contributed by atoms with Crippen molar-refractivity contribution in [1.82, 2.24) is 20.2 Å². The van der Waals surface area contributed by atoms with Crippen LogP contribution in [0.25, 0.3) is 10.2 Å². The molecule has 2 rings (SSSR count). The summed E-state index contributed by atoms with van der Waals surface area (Å²) in [5, 5.41) is 4.09. The Morgan fingerprint density at radius 3 is 2.64 bits per heavy atom. The van der Waals surface area contributed by atoms with Gasteiger partial charge in [0, 0.05) is 11.4 Å². The third kappa shape index (κ3) is 5.35. The minimum Gasteiger partial charge on any atom is -0.329 e. The molecule has 2 aromatic heterocycles. The molecular formula is C16H17F3N4O3S2. The summed E-state index contributed by atoms with van der Waals surface area (Å²) >= 11 is 2.25. The number of urea groups is 1. The number of carbonyl (C=O) groups excluding carboxylic acids is 2. The SMILES string of the molecule is C=CCn1c(SCC(=O)NC(=O)NCC(F)(F)F)nc2sc(C)c(C)c2c1=O. The zero-order valence-corrected chi connectivity index (χ0v) is 16.6. The maximum absolute atomic E-state index is 12.8. The number of alkyl halides is 3. The van der Waals surface area contributed by atoms with E-state index in [1.54, 1.807) is 5.32 Å². The van der Waals surface area contributed by atoms with Crippen LogP contribution >= 0.6 is 23.1 Å². The number of hydrogen-bond donors (Lipinski definition) is 2. The third-order valence-electron chi connectivity index (χ3n) is 3.60. The predicted octanol–water partition coefficient (Wildman–Crippen LogP) is 2.74. The van der Waals surface area contributed by atoms with Gasteiger partial charge in [0.15, 0.2) is 5.16 Å². The maximum Gasteiger partial charge on any atom is 0.405 e. The summed E-state index contributed by atoms with van der Waals surface area (Å²) in [5.74, 6) is -1.12. The van der Waals surface area contributed by atoms with Crippen LogP contribution in [0.1, 0.15) is 10.4 Å². The fourth-order valence-electron chi connectivity index (χ4n) is 2.23. The van der Waals surface area contributed by atoms with Crippen LogP contribution in [0.5, 0.6) is 0 Å². The van der Waals surface area contributed by atoms with Crippen molar-refractivity contribution in [2.24, 2.45) is 0 Å². The average molecular weight is 434 g/mol. The Kier molecular flexibility index (Phi) is 6.88. The molecule has 0 spiro atoms. The summed E-state index contributed by atoms with van der Waals surface area (Å²) in [6.07, 6.45) is -3.07. The van der Waals surface area contributed by atoms with Gasteiger partial charge in [-0.05, 0) is 19.4 Å². The Bertz CT molecular complexity index is 982. The summed E-state index contributed by atoms with van der Waals surface area (Å²) in [7, 11) is 0. The maximum atomic E-state index is 12.8. The number of imide groups is 1. The molecule has 2 N–H and O–H groups in total. The van der Waals surface area contributed by atoms with Crippen molar-refractivity contribution in [2.75, 3.05) is 12.3 Å². The minimum absolute atomic E-state index is 0.173. The molecule has 0 radical (unpaired) electrons. The molecule has 0 aliphatic rings. The van der Waals surface area contributed by atoms with Crippen LogP contribution < -0.4 is 16.2 Å². The molecule has 2 heterocycles. The fourth-order valence-corrected chi connectivity index (χ4v) is 4.11.